The van der Waals surface area contributed by atoms with E-state index < -0.39 is 0 Å². The number of benzene rings is 1. The molecule has 0 amide bonds. The monoisotopic (exact) mass is 480 g/mol. The molecule has 0 unspecified atom stereocenters. The molecule has 1 aromatic carbocycles. The van der Waals surface area contributed by atoms with Crippen LogP contribution in [0.3, 0.4) is 0 Å². The second-order valence-corrected chi connectivity index (χ2v) is 9.94. The van der Waals surface area contributed by atoms with Crippen molar-refractivity contribution >= 4 is 18.2 Å². The molecule has 4 rings (SSSR count). The van der Waals surface area contributed by atoms with Crippen LogP contribution in [-0.2, 0) is 0 Å². The Bertz CT molecular complexity index is 958. The quantitative estimate of drug-likeness (QED) is 0.522. The molecule has 3 aliphatic heterocycles. The Balaban J connectivity index is 1.82. The van der Waals surface area contributed by atoms with Gasteiger partial charge < -0.3 is 14.7 Å². The van der Waals surface area contributed by atoms with Gasteiger partial charge in [0.1, 0.15) is 18.2 Å². The summed E-state index contributed by atoms with van der Waals surface area (Å²) in [5.41, 5.74) is 3.04. The molecule has 186 valence electrons. The number of hydrogen-bond donors (Lipinski definition) is 0. The van der Waals surface area contributed by atoms with Crippen LogP contribution < -0.4 is 0 Å². The highest BCUT2D eigenvalue weighted by Gasteiger charge is 2.22. The number of nitrogens with zero attached hydrogens (tertiary/aromatic N) is 6. The standard InChI is InChI=1S/C30H36N6/c31-22-28-25(10-19-34-13-4-1-5-14-34)29(23-32)27(12-21-36-17-8-3-9-18-36)30(24-33)26(28)11-20-35-15-6-2-7-16-35/h10-12,19-21H,1-9,13-18H2. The fraction of sp³-hybridized carbons (Fsp3) is 0.500. The number of piperidine rings is 3. The van der Waals surface area contributed by atoms with E-state index in [-0.39, 0.29) is 0 Å². The SMILES string of the molecule is N#Cc1c(C=CN2CCCCC2)c(C#N)c(C=CN2CCCCC2)c(C#N)c1C=CN1CCCCC1. The van der Waals surface area contributed by atoms with Gasteiger partial charge in [0.15, 0.2) is 0 Å². The van der Waals surface area contributed by atoms with Crippen molar-refractivity contribution in [2.24, 2.45) is 0 Å². The summed E-state index contributed by atoms with van der Waals surface area (Å²) in [6.07, 6.45) is 22.5. The fourth-order valence-corrected chi connectivity index (χ4v) is 5.41. The topological polar surface area (TPSA) is 81.1 Å². The second kappa shape index (κ2) is 12.9. The van der Waals surface area contributed by atoms with E-state index in [4.69, 9.17) is 0 Å². The van der Waals surface area contributed by atoms with Gasteiger partial charge in [-0.25, -0.2) is 0 Å². The molecule has 3 saturated heterocycles. The van der Waals surface area contributed by atoms with Crippen LogP contribution in [0, 0.1) is 34.0 Å². The maximum Gasteiger partial charge on any atom is 0.100 e. The molecule has 3 fully saturated rings. The highest BCUT2D eigenvalue weighted by molar-refractivity contribution is 5.83. The summed E-state index contributed by atoms with van der Waals surface area (Å²) < 4.78 is 0. The summed E-state index contributed by atoms with van der Waals surface area (Å²) in [6, 6.07) is 7.04. The van der Waals surface area contributed by atoms with Crippen LogP contribution >= 0.6 is 0 Å². The molecule has 36 heavy (non-hydrogen) atoms. The van der Waals surface area contributed by atoms with E-state index in [2.05, 4.69) is 32.9 Å². The minimum Gasteiger partial charge on any atom is -0.377 e. The molecule has 0 bridgehead atoms. The Morgan fingerprint density at radius 2 is 0.667 bits per heavy atom. The highest BCUT2D eigenvalue weighted by atomic mass is 15.1. The van der Waals surface area contributed by atoms with Gasteiger partial charge in [-0.15, -0.1) is 0 Å². The van der Waals surface area contributed by atoms with E-state index in [1.807, 2.05) is 36.8 Å². The predicted molar refractivity (Wildman–Crippen MR) is 144 cm³/mol. The summed E-state index contributed by atoms with van der Waals surface area (Å²) in [5, 5.41) is 30.7. The lowest BCUT2D eigenvalue weighted by Crippen LogP contribution is -2.24. The van der Waals surface area contributed by atoms with E-state index in [1.54, 1.807) is 0 Å². The van der Waals surface area contributed by atoms with Crippen LogP contribution in [0.4, 0.5) is 0 Å². The number of likely N-dealkylation sites (tertiary alicyclic amines) is 3. The third-order valence-electron chi connectivity index (χ3n) is 7.48. The lowest BCUT2D eigenvalue weighted by atomic mass is 9.87. The van der Waals surface area contributed by atoms with E-state index in [9.17, 15) is 15.8 Å². The zero-order valence-corrected chi connectivity index (χ0v) is 21.3. The molecule has 0 saturated carbocycles. The van der Waals surface area contributed by atoms with Crippen LogP contribution in [0.1, 0.15) is 91.2 Å². The maximum absolute atomic E-state index is 10.2. The zero-order chi connectivity index (χ0) is 25.2. The minimum absolute atomic E-state index is 0.403. The average Bonchev–Trinajstić information content (AvgIpc) is 2.94. The molecule has 1 aromatic rings. The van der Waals surface area contributed by atoms with Gasteiger partial charge in [-0.05, 0) is 94.6 Å². The third-order valence-corrected chi connectivity index (χ3v) is 7.48. The van der Waals surface area contributed by atoms with Gasteiger partial charge in [-0.1, -0.05) is 0 Å². The number of hydrogen-bond acceptors (Lipinski definition) is 6. The summed E-state index contributed by atoms with van der Waals surface area (Å²) in [4.78, 5) is 6.78. The Morgan fingerprint density at radius 1 is 0.417 bits per heavy atom. The van der Waals surface area contributed by atoms with Gasteiger partial charge in [0.2, 0.25) is 0 Å². The van der Waals surface area contributed by atoms with Crippen molar-refractivity contribution in [3.05, 3.63) is 52.0 Å². The number of nitriles is 3. The molecular weight excluding hydrogens is 444 g/mol. The molecule has 0 spiro atoms. The van der Waals surface area contributed by atoms with Crippen LogP contribution in [0.5, 0.6) is 0 Å². The van der Waals surface area contributed by atoms with Gasteiger partial charge in [0.05, 0.1) is 16.7 Å². The van der Waals surface area contributed by atoms with Crippen molar-refractivity contribution in [2.45, 2.75) is 57.8 Å². The van der Waals surface area contributed by atoms with Crippen molar-refractivity contribution in [1.29, 1.82) is 15.8 Å². The Labute approximate surface area is 216 Å². The zero-order valence-electron chi connectivity index (χ0n) is 21.3. The Morgan fingerprint density at radius 3 is 0.889 bits per heavy atom. The van der Waals surface area contributed by atoms with Crippen LogP contribution in [0.2, 0.25) is 0 Å². The van der Waals surface area contributed by atoms with Crippen molar-refractivity contribution in [3.63, 3.8) is 0 Å². The van der Waals surface area contributed by atoms with Crippen molar-refractivity contribution in [2.75, 3.05) is 39.3 Å². The summed E-state index contributed by atoms with van der Waals surface area (Å²) in [7, 11) is 0. The smallest absolute Gasteiger partial charge is 0.100 e. The normalized spacial score (nSPS) is 19.1. The molecule has 0 aliphatic carbocycles. The maximum atomic E-state index is 10.2. The van der Waals surface area contributed by atoms with Gasteiger partial charge in [0, 0.05) is 56.0 Å². The molecule has 0 aromatic heterocycles. The molecule has 6 heteroatoms. The molecule has 0 radical (unpaired) electrons. The summed E-state index contributed by atoms with van der Waals surface area (Å²) >= 11 is 0. The van der Waals surface area contributed by atoms with E-state index >= 15 is 0 Å². The van der Waals surface area contributed by atoms with E-state index in [1.165, 1.54) is 19.3 Å². The Hall–Kier alpha value is -3.69. The summed E-state index contributed by atoms with van der Waals surface area (Å²) in [6.45, 7) is 5.92. The Kier molecular flexibility index (Phi) is 9.07. The molecule has 6 nitrogen and oxygen atoms in total. The molecule has 3 heterocycles. The lowest BCUT2D eigenvalue weighted by molar-refractivity contribution is 0.311. The highest BCUT2D eigenvalue weighted by Crippen LogP contribution is 2.32. The van der Waals surface area contributed by atoms with Gasteiger partial charge in [-0.3, -0.25) is 0 Å². The summed E-state index contributed by atoms with van der Waals surface area (Å²) in [5.74, 6) is 0. The lowest BCUT2D eigenvalue weighted by Gasteiger charge is -2.26. The van der Waals surface area contributed by atoms with Crippen molar-refractivity contribution in [3.8, 4) is 18.2 Å². The van der Waals surface area contributed by atoms with Crippen LogP contribution in [0.15, 0.2) is 18.6 Å². The van der Waals surface area contributed by atoms with Gasteiger partial charge >= 0.3 is 0 Å². The van der Waals surface area contributed by atoms with Crippen molar-refractivity contribution < 1.29 is 0 Å². The van der Waals surface area contributed by atoms with Crippen molar-refractivity contribution in [1.82, 2.24) is 14.7 Å². The van der Waals surface area contributed by atoms with Gasteiger partial charge in [-0.2, -0.15) is 15.8 Å². The first-order chi connectivity index (χ1) is 17.7. The van der Waals surface area contributed by atoms with E-state index in [0.29, 0.717) is 33.4 Å². The first-order valence-electron chi connectivity index (χ1n) is 13.5. The third kappa shape index (κ3) is 6.10. The molecule has 3 aliphatic rings. The van der Waals surface area contributed by atoms with Gasteiger partial charge in [0.25, 0.3) is 0 Å². The molecule has 0 N–H and O–H groups in total. The molecular formula is C30H36N6. The number of rotatable bonds is 6. The van der Waals surface area contributed by atoms with Crippen LogP contribution in [0.25, 0.3) is 18.2 Å². The molecule has 0 atom stereocenters. The minimum atomic E-state index is 0.403. The second-order valence-electron chi connectivity index (χ2n) is 9.94. The fourth-order valence-electron chi connectivity index (χ4n) is 5.41. The predicted octanol–water partition coefficient (Wildman–Crippen LogP) is 5.67. The first kappa shape index (κ1) is 25.4. The van der Waals surface area contributed by atoms with Crippen LogP contribution in [-0.4, -0.2) is 54.0 Å². The largest absolute Gasteiger partial charge is 0.377 e. The first-order valence-corrected chi connectivity index (χ1v) is 13.5. The average molecular weight is 481 g/mol. The van der Waals surface area contributed by atoms with E-state index in [0.717, 1.165) is 77.8 Å².